The molecule has 0 atom stereocenters. The second kappa shape index (κ2) is 12.2. The van der Waals surface area contributed by atoms with Crippen LogP contribution >= 0.6 is 0 Å². The van der Waals surface area contributed by atoms with Gasteiger partial charge in [-0.3, -0.25) is 10.2 Å². The van der Waals surface area contributed by atoms with Crippen molar-refractivity contribution in [3.05, 3.63) is 53.4 Å². The van der Waals surface area contributed by atoms with Crippen LogP contribution in [0.2, 0.25) is 0 Å². The Kier molecular flexibility index (Phi) is 8.85. The number of benzene rings is 1. The number of hydrogen-bond donors (Lipinski definition) is 2. The fourth-order valence-electron chi connectivity index (χ4n) is 3.30. The highest BCUT2D eigenvalue weighted by Crippen LogP contribution is 2.26. The number of oxime groups is 1. The molecule has 0 spiro atoms. The summed E-state index contributed by atoms with van der Waals surface area (Å²) >= 11 is 0. The molecule has 0 amide bonds. The number of halogens is 1. The largest absolute Gasteiger partial charge is 0.460 e. The molecule has 1 aliphatic rings. The monoisotopic (exact) mass is 467 g/mol. The lowest BCUT2D eigenvalue weighted by molar-refractivity contribution is -0.143. The van der Waals surface area contributed by atoms with E-state index >= 15 is 0 Å². The second-order valence-electron chi connectivity index (χ2n) is 7.63. The SMILES string of the molecule is [C-]#[N+]CCCON=C1CCN(c2ncc(-c3cccc(COC(=O)CC(=N)N)c3F)cn2)CC1. The van der Waals surface area contributed by atoms with Gasteiger partial charge in [0.1, 0.15) is 31.3 Å². The Hall–Kier alpha value is -4.07. The number of ether oxygens (including phenoxy) is 1. The van der Waals surface area contributed by atoms with Gasteiger partial charge in [-0.2, -0.15) is 0 Å². The summed E-state index contributed by atoms with van der Waals surface area (Å²) in [5.74, 6) is -0.971. The number of piperidine rings is 1. The zero-order chi connectivity index (χ0) is 24.3. The van der Waals surface area contributed by atoms with Crippen LogP contribution in [0.4, 0.5) is 10.3 Å². The van der Waals surface area contributed by atoms with Crippen LogP contribution in [0.25, 0.3) is 16.0 Å². The van der Waals surface area contributed by atoms with Gasteiger partial charge >= 0.3 is 5.97 Å². The Bertz CT molecular complexity index is 1070. The Morgan fingerprint density at radius 2 is 2.03 bits per heavy atom. The maximum atomic E-state index is 15.0. The van der Waals surface area contributed by atoms with Gasteiger partial charge in [-0.25, -0.2) is 20.9 Å². The summed E-state index contributed by atoms with van der Waals surface area (Å²) in [5.41, 5.74) is 7.15. The van der Waals surface area contributed by atoms with E-state index in [1.54, 1.807) is 24.5 Å². The normalized spacial score (nSPS) is 13.2. The summed E-state index contributed by atoms with van der Waals surface area (Å²) < 4.78 is 20.0. The van der Waals surface area contributed by atoms with Gasteiger partial charge in [0.15, 0.2) is 0 Å². The van der Waals surface area contributed by atoms with Crippen molar-refractivity contribution in [1.29, 1.82) is 5.41 Å². The first-order valence-corrected chi connectivity index (χ1v) is 10.8. The van der Waals surface area contributed by atoms with E-state index in [2.05, 4.69) is 20.0 Å². The van der Waals surface area contributed by atoms with E-state index in [4.69, 9.17) is 27.3 Å². The predicted molar refractivity (Wildman–Crippen MR) is 125 cm³/mol. The van der Waals surface area contributed by atoms with Gasteiger partial charge in [0, 0.05) is 55.0 Å². The number of carbonyl (C=O) groups excluding carboxylic acids is 1. The molecule has 2 aromatic rings. The highest BCUT2D eigenvalue weighted by Gasteiger charge is 2.19. The highest BCUT2D eigenvalue weighted by molar-refractivity contribution is 5.94. The van der Waals surface area contributed by atoms with Gasteiger partial charge in [-0.05, 0) is 0 Å². The number of carbonyl (C=O) groups is 1. The lowest BCUT2D eigenvalue weighted by Gasteiger charge is -2.27. The number of hydrogen-bond acceptors (Lipinski definition) is 8. The molecule has 0 saturated carbocycles. The minimum absolute atomic E-state index is 0.206. The molecule has 3 rings (SSSR count). The molecule has 0 radical (unpaired) electrons. The molecule has 11 heteroatoms. The van der Waals surface area contributed by atoms with E-state index in [0.717, 1.165) is 18.6 Å². The van der Waals surface area contributed by atoms with E-state index in [0.29, 0.717) is 49.7 Å². The lowest BCUT2D eigenvalue weighted by Crippen LogP contribution is -2.35. The van der Waals surface area contributed by atoms with E-state index in [9.17, 15) is 9.18 Å². The molecule has 1 fully saturated rings. The van der Waals surface area contributed by atoms with Gasteiger partial charge in [0.05, 0.1) is 12.1 Å². The number of rotatable bonds is 10. The van der Waals surface area contributed by atoms with Crippen LogP contribution < -0.4 is 10.6 Å². The molecule has 34 heavy (non-hydrogen) atoms. The number of nitrogens with one attached hydrogen (secondary N) is 1. The lowest BCUT2D eigenvalue weighted by atomic mass is 10.0. The average molecular weight is 468 g/mol. The Labute approximate surface area is 196 Å². The summed E-state index contributed by atoms with van der Waals surface area (Å²) in [6, 6.07) is 4.79. The van der Waals surface area contributed by atoms with Crippen LogP contribution in [0, 0.1) is 17.8 Å². The molecule has 0 bridgehead atoms. The van der Waals surface area contributed by atoms with E-state index in [1.165, 1.54) is 6.07 Å². The Morgan fingerprint density at radius 3 is 2.71 bits per heavy atom. The molecule has 1 saturated heterocycles. The zero-order valence-corrected chi connectivity index (χ0v) is 18.7. The molecule has 1 aromatic carbocycles. The van der Waals surface area contributed by atoms with Gasteiger partial charge in [0.2, 0.25) is 12.5 Å². The molecular weight excluding hydrogens is 441 g/mol. The third kappa shape index (κ3) is 6.96. The molecule has 3 N–H and O–H groups in total. The van der Waals surface area contributed by atoms with Crippen molar-refractivity contribution in [3.63, 3.8) is 0 Å². The summed E-state index contributed by atoms with van der Waals surface area (Å²) in [7, 11) is 0. The van der Waals surface area contributed by atoms with Crippen molar-refractivity contribution in [3.8, 4) is 11.1 Å². The van der Waals surface area contributed by atoms with E-state index in [-0.39, 0.29) is 24.4 Å². The van der Waals surface area contributed by atoms with Crippen molar-refractivity contribution in [1.82, 2.24) is 9.97 Å². The Morgan fingerprint density at radius 1 is 1.29 bits per heavy atom. The maximum Gasteiger partial charge on any atom is 0.313 e. The standard InChI is InChI=1S/C23H26FN7O3/c1-27-8-3-11-34-30-18-6-9-31(10-7-18)23-28-13-17(14-29-23)19-5-2-4-16(22(19)24)15-33-21(32)12-20(25)26/h2,4-5,13-14H,3,6-12,15H2,(H3,25,26). The van der Waals surface area contributed by atoms with Gasteiger partial charge in [-0.1, -0.05) is 23.4 Å². The molecular formula is C23H26FN7O3. The van der Waals surface area contributed by atoms with Crippen molar-refractivity contribution in [2.75, 3.05) is 31.1 Å². The van der Waals surface area contributed by atoms with Crippen LogP contribution in [0.3, 0.4) is 0 Å². The fourth-order valence-corrected chi connectivity index (χ4v) is 3.30. The molecule has 1 aromatic heterocycles. The van der Waals surface area contributed by atoms with Crippen LogP contribution in [0.15, 0.2) is 35.7 Å². The number of anilines is 1. The Balaban J connectivity index is 1.58. The summed E-state index contributed by atoms with van der Waals surface area (Å²) in [6.45, 7) is 8.75. The zero-order valence-electron chi connectivity index (χ0n) is 18.7. The number of amidine groups is 1. The third-order valence-electron chi connectivity index (χ3n) is 5.07. The molecule has 0 unspecified atom stereocenters. The number of nitrogens with zero attached hydrogens (tertiary/aromatic N) is 5. The third-order valence-corrected chi connectivity index (χ3v) is 5.07. The predicted octanol–water partition coefficient (Wildman–Crippen LogP) is 2.93. The fraction of sp³-hybridized carbons (Fsp3) is 0.391. The van der Waals surface area contributed by atoms with Crippen molar-refractivity contribution in [2.24, 2.45) is 10.9 Å². The number of esters is 1. The molecule has 0 aliphatic carbocycles. The first-order chi connectivity index (χ1) is 16.5. The highest BCUT2D eigenvalue weighted by atomic mass is 19.1. The molecule has 1 aliphatic heterocycles. The second-order valence-corrected chi connectivity index (χ2v) is 7.63. The topological polar surface area (TPSA) is 131 Å². The number of aromatic nitrogens is 2. The van der Waals surface area contributed by atoms with Crippen LogP contribution in [0.1, 0.15) is 31.2 Å². The van der Waals surface area contributed by atoms with Crippen molar-refractivity contribution in [2.45, 2.75) is 32.3 Å². The van der Waals surface area contributed by atoms with Crippen LogP contribution in [0.5, 0.6) is 0 Å². The van der Waals surface area contributed by atoms with E-state index < -0.39 is 11.8 Å². The van der Waals surface area contributed by atoms with Crippen LogP contribution in [-0.4, -0.2) is 53.7 Å². The minimum Gasteiger partial charge on any atom is -0.460 e. The first kappa shape index (κ1) is 24.6. The molecule has 10 nitrogen and oxygen atoms in total. The summed E-state index contributed by atoms with van der Waals surface area (Å²) in [5, 5.41) is 11.3. The van der Waals surface area contributed by atoms with Gasteiger partial charge in [-0.15, -0.1) is 0 Å². The first-order valence-electron chi connectivity index (χ1n) is 10.8. The summed E-state index contributed by atoms with van der Waals surface area (Å²) in [4.78, 5) is 31.0. The van der Waals surface area contributed by atoms with Gasteiger partial charge in [0.25, 0.3) is 0 Å². The average Bonchev–Trinajstić information content (AvgIpc) is 2.83. The smallest absolute Gasteiger partial charge is 0.313 e. The van der Waals surface area contributed by atoms with Crippen molar-refractivity contribution < 1.29 is 18.8 Å². The molecule has 178 valence electrons. The van der Waals surface area contributed by atoms with Crippen LogP contribution in [-0.2, 0) is 21.0 Å². The molecule has 2 heterocycles. The minimum atomic E-state index is -0.689. The quantitative estimate of drug-likeness (QED) is 0.137. The van der Waals surface area contributed by atoms with Gasteiger partial charge < -0.3 is 25.1 Å². The number of nitrogens with two attached hydrogens (primary N) is 1. The summed E-state index contributed by atoms with van der Waals surface area (Å²) in [6.07, 6.45) is 4.92. The van der Waals surface area contributed by atoms with E-state index in [1.807, 2.05) is 4.90 Å². The maximum absolute atomic E-state index is 15.0. The van der Waals surface area contributed by atoms with Crippen molar-refractivity contribution >= 4 is 23.5 Å².